The molecular weight excluding hydrogens is 300 g/mol. The maximum atomic E-state index is 10.4. The Labute approximate surface area is 144 Å². The van der Waals surface area contributed by atoms with Gasteiger partial charge >= 0.3 is 0 Å². The molecule has 0 amide bonds. The number of hydrogen-bond donors (Lipinski definition) is 2. The highest BCUT2D eigenvalue weighted by Gasteiger charge is 2.11. The fourth-order valence-corrected chi connectivity index (χ4v) is 2.52. The van der Waals surface area contributed by atoms with Gasteiger partial charge in [-0.25, -0.2) is 0 Å². The van der Waals surface area contributed by atoms with Crippen molar-refractivity contribution in [1.82, 2.24) is 14.8 Å². The first-order valence-electron chi connectivity index (χ1n) is 8.35. The first kappa shape index (κ1) is 18.1. The molecule has 5 nitrogen and oxygen atoms in total. The first-order chi connectivity index (χ1) is 11.5. The van der Waals surface area contributed by atoms with Crippen LogP contribution in [0.5, 0.6) is 0 Å². The maximum Gasteiger partial charge on any atom is 0.194 e. The second-order valence-corrected chi connectivity index (χ2v) is 6.09. The predicted molar refractivity (Wildman–Crippen MR) is 99.0 cm³/mol. The van der Waals surface area contributed by atoms with Gasteiger partial charge in [0, 0.05) is 32.5 Å². The number of aryl methyl sites for hydroxylation is 2. The van der Waals surface area contributed by atoms with E-state index in [1.807, 2.05) is 64.5 Å². The van der Waals surface area contributed by atoms with Gasteiger partial charge in [-0.3, -0.25) is 4.99 Å². The summed E-state index contributed by atoms with van der Waals surface area (Å²) in [6.45, 7) is 5.97. The highest BCUT2D eigenvalue weighted by Crippen LogP contribution is 2.14. The molecule has 0 bridgehead atoms. The molecular formula is C19H28N4O. The van der Waals surface area contributed by atoms with Crippen LogP contribution in [-0.4, -0.2) is 40.7 Å². The average Bonchev–Trinajstić information content (AvgIpc) is 2.96. The van der Waals surface area contributed by atoms with Crippen molar-refractivity contribution in [3.8, 4) is 0 Å². The third-order valence-electron chi connectivity index (χ3n) is 4.02. The van der Waals surface area contributed by atoms with E-state index < -0.39 is 6.10 Å². The number of aliphatic hydroxyl groups excluding tert-OH is 1. The molecule has 2 N–H and O–H groups in total. The van der Waals surface area contributed by atoms with Crippen molar-refractivity contribution < 1.29 is 5.11 Å². The Kier molecular flexibility index (Phi) is 6.44. The summed E-state index contributed by atoms with van der Waals surface area (Å²) in [7, 11) is 4.04. The highest BCUT2D eigenvalue weighted by molar-refractivity contribution is 5.79. The number of rotatable bonds is 6. The van der Waals surface area contributed by atoms with Crippen LogP contribution < -0.4 is 5.32 Å². The zero-order valence-corrected chi connectivity index (χ0v) is 15.0. The van der Waals surface area contributed by atoms with Crippen molar-refractivity contribution in [2.75, 3.05) is 20.1 Å². The molecule has 1 heterocycles. The van der Waals surface area contributed by atoms with Crippen molar-refractivity contribution in [3.05, 3.63) is 59.4 Å². The van der Waals surface area contributed by atoms with Crippen LogP contribution in [0.2, 0.25) is 0 Å². The standard InChI is InChI=1S/C19H28N4O/c1-5-20-19(23(4)14-17-7-6-12-22(17)3)21-13-18(24)16-10-8-15(2)9-11-16/h6-12,18,24H,5,13-14H2,1-4H3,(H,20,21). The quantitative estimate of drug-likeness (QED) is 0.633. The van der Waals surface area contributed by atoms with E-state index in [-0.39, 0.29) is 0 Å². The molecule has 0 aliphatic rings. The lowest BCUT2D eigenvalue weighted by molar-refractivity contribution is 0.186. The van der Waals surface area contributed by atoms with Crippen molar-refractivity contribution in [2.45, 2.75) is 26.5 Å². The molecule has 24 heavy (non-hydrogen) atoms. The molecule has 5 heteroatoms. The van der Waals surface area contributed by atoms with E-state index in [0.717, 1.165) is 24.6 Å². The number of nitrogens with one attached hydrogen (secondary N) is 1. The molecule has 0 aliphatic carbocycles. The van der Waals surface area contributed by atoms with Crippen LogP contribution >= 0.6 is 0 Å². The number of hydrogen-bond acceptors (Lipinski definition) is 2. The normalized spacial score (nSPS) is 13.0. The summed E-state index contributed by atoms with van der Waals surface area (Å²) >= 11 is 0. The number of benzene rings is 1. The molecule has 130 valence electrons. The number of aliphatic imine (C=N–C) groups is 1. The van der Waals surface area contributed by atoms with E-state index in [0.29, 0.717) is 6.54 Å². The Balaban J connectivity index is 2.03. The van der Waals surface area contributed by atoms with Gasteiger partial charge in [0.1, 0.15) is 0 Å². The third kappa shape index (κ3) is 4.86. The van der Waals surface area contributed by atoms with Crippen LogP contribution in [0, 0.1) is 6.92 Å². The summed E-state index contributed by atoms with van der Waals surface area (Å²) in [4.78, 5) is 6.66. The first-order valence-corrected chi connectivity index (χ1v) is 8.35. The molecule has 0 saturated carbocycles. The van der Waals surface area contributed by atoms with Gasteiger partial charge in [-0.2, -0.15) is 0 Å². The van der Waals surface area contributed by atoms with E-state index in [1.165, 1.54) is 11.3 Å². The molecule has 0 fully saturated rings. The summed E-state index contributed by atoms with van der Waals surface area (Å²) in [5.41, 5.74) is 3.29. The summed E-state index contributed by atoms with van der Waals surface area (Å²) in [5, 5.41) is 13.6. The predicted octanol–water partition coefficient (Wildman–Crippen LogP) is 2.46. The van der Waals surface area contributed by atoms with Gasteiger partial charge in [0.05, 0.1) is 19.2 Å². The lowest BCUT2D eigenvalue weighted by Crippen LogP contribution is -2.39. The molecule has 1 aromatic heterocycles. The Hall–Kier alpha value is -2.27. The van der Waals surface area contributed by atoms with Crippen LogP contribution in [0.1, 0.15) is 29.8 Å². The smallest absolute Gasteiger partial charge is 0.194 e. The van der Waals surface area contributed by atoms with E-state index >= 15 is 0 Å². The molecule has 0 aliphatic heterocycles. The maximum absolute atomic E-state index is 10.4. The lowest BCUT2D eigenvalue weighted by atomic mass is 10.1. The van der Waals surface area contributed by atoms with E-state index in [1.54, 1.807) is 0 Å². The average molecular weight is 328 g/mol. The molecule has 0 spiro atoms. The molecule has 2 aromatic rings. The molecule has 2 rings (SSSR count). The zero-order valence-electron chi connectivity index (χ0n) is 15.0. The minimum Gasteiger partial charge on any atom is -0.386 e. The SMILES string of the molecule is CCNC(=NCC(O)c1ccc(C)cc1)N(C)Cc1cccn1C. The van der Waals surface area contributed by atoms with Crippen molar-refractivity contribution in [1.29, 1.82) is 0 Å². The van der Waals surface area contributed by atoms with Gasteiger partial charge < -0.3 is 19.9 Å². The van der Waals surface area contributed by atoms with Gasteiger partial charge in [-0.05, 0) is 31.5 Å². The number of aromatic nitrogens is 1. The van der Waals surface area contributed by atoms with Crippen LogP contribution in [-0.2, 0) is 13.6 Å². The monoisotopic (exact) mass is 328 g/mol. The largest absolute Gasteiger partial charge is 0.386 e. The van der Waals surface area contributed by atoms with Gasteiger partial charge in [0.2, 0.25) is 0 Å². The molecule has 1 unspecified atom stereocenters. The topological polar surface area (TPSA) is 52.8 Å². The second-order valence-electron chi connectivity index (χ2n) is 6.09. The van der Waals surface area contributed by atoms with E-state index in [9.17, 15) is 5.11 Å². The number of aliphatic hydroxyl groups is 1. The fourth-order valence-electron chi connectivity index (χ4n) is 2.52. The molecule has 1 aromatic carbocycles. The Bertz CT molecular complexity index is 660. The van der Waals surface area contributed by atoms with Crippen LogP contribution in [0.25, 0.3) is 0 Å². The van der Waals surface area contributed by atoms with E-state index in [2.05, 4.69) is 25.8 Å². The van der Waals surface area contributed by atoms with Crippen LogP contribution in [0.4, 0.5) is 0 Å². The Morgan fingerprint density at radius 1 is 1.29 bits per heavy atom. The minimum absolute atomic E-state index is 0.336. The zero-order chi connectivity index (χ0) is 17.5. The van der Waals surface area contributed by atoms with Crippen molar-refractivity contribution >= 4 is 5.96 Å². The van der Waals surface area contributed by atoms with Crippen molar-refractivity contribution in [2.24, 2.45) is 12.0 Å². The van der Waals surface area contributed by atoms with E-state index in [4.69, 9.17) is 0 Å². The van der Waals surface area contributed by atoms with Gasteiger partial charge in [0.15, 0.2) is 5.96 Å². The fraction of sp³-hybridized carbons (Fsp3) is 0.421. The molecule has 1 atom stereocenters. The third-order valence-corrected chi connectivity index (χ3v) is 4.02. The Morgan fingerprint density at radius 3 is 2.58 bits per heavy atom. The molecule has 0 radical (unpaired) electrons. The van der Waals surface area contributed by atoms with Gasteiger partial charge in [-0.15, -0.1) is 0 Å². The van der Waals surface area contributed by atoms with Crippen LogP contribution in [0.15, 0.2) is 47.6 Å². The summed E-state index contributed by atoms with van der Waals surface area (Å²) < 4.78 is 2.10. The number of guanidine groups is 1. The lowest BCUT2D eigenvalue weighted by Gasteiger charge is -2.23. The number of nitrogens with zero attached hydrogens (tertiary/aromatic N) is 3. The van der Waals surface area contributed by atoms with Crippen LogP contribution in [0.3, 0.4) is 0 Å². The summed E-state index contributed by atoms with van der Waals surface area (Å²) in [5.74, 6) is 0.796. The second kappa shape index (κ2) is 8.55. The molecule has 0 saturated heterocycles. The van der Waals surface area contributed by atoms with Gasteiger partial charge in [0.25, 0.3) is 0 Å². The van der Waals surface area contributed by atoms with Crippen molar-refractivity contribution in [3.63, 3.8) is 0 Å². The highest BCUT2D eigenvalue weighted by atomic mass is 16.3. The summed E-state index contributed by atoms with van der Waals surface area (Å²) in [6, 6.07) is 12.1. The van der Waals surface area contributed by atoms with Gasteiger partial charge in [-0.1, -0.05) is 29.8 Å². The Morgan fingerprint density at radius 2 is 2.00 bits per heavy atom. The minimum atomic E-state index is -0.595. The summed E-state index contributed by atoms with van der Waals surface area (Å²) in [6.07, 6.45) is 1.44.